The average Bonchev–Trinajstić information content (AvgIpc) is 2.85. The highest BCUT2D eigenvalue weighted by Gasteiger charge is 2.61. The quantitative estimate of drug-likeness (QED) is 0.582. The molecule has 1 nitrogen and oxygen atoms in total. The zero-order valence-corrected chi connectivity index (χ0v) is 15.5. The van der Waals surface area contributed by atoms with Crippen LogP contribution < -0.4 is 0 Å². The summed E-state index contributed by atoms with van der Waals surface area (Å²) in [7, 11) is 0. The summed E-state index contributed by atoms with van der Waals surface area (Å²) in [5.41, 5.74) is 0.949. The van der Waals surface area contributed by atoms with Gasteiger partial charge in [-0.15, -0.1) is 0 Å². The molecule has 0 amide bonds. The number of fused-ring (bicyclic) bond motifs is 5. The van der Waals surface area contributed by atoms with E-state index in [0.29, 0.717) is 22.7 Å². The van der Waals surface area contributed by atoms with Gasteiger partial charge < -0.3 is 4.79 Å². The van der Waals surface area contributed by atoms with Gasteiger partial charge in [0.2, 0.25) is 0 Å². The molecule has 1 unspecified atom stereocenters. The van der Waals surface area contributed by atoms with Crippen LogP contribution in [0.5, 0.6) is 0 Å². The van der Waals surface area contributed by atoms with Gasteiger partial charge in [0.25, 0.3) is 0 Å². The first-order valence-corrected chi connectivity index (χ1v) is 10.5. The van der Waals surface area contributed by atoms with E-state index in [1.54, 1.807) is 0 Å². The Kier molecular flexibility index (Phi) is 3.93. The van der Waals surface area contributed by atoms with Gasteiger partial charge in [-0.3, -0.25) is 0 Å². The largest absolute Gasteiger partial charge is 0.303 e. The van der Waals surface area contributed by atoms with E-state index in [9.17, 15) is 4.79 Å². The Morgan fingerprint density at radius 1 is 0.957 bits per heavy atom. The molecule has 23 heavy (non-hydrogen) atoms. The van der Waals surface area contributed by atoms with Crippen LogP contribution in [-0.2, 0) is 4.79 Å². The van der Waals surface area contributed by atoms with Gasteiger partial charge in [-0.1, -0.05) is 40.0 Å². The van der Waals surface area contributed by atoms with Gasteiger partial charge in [0.1, 0.15) is 6.29 Å². The van der Waals surface area contributed by atoms with Gasteiger partial charge in [-0.2, -0.15) is 0 Å². The summed E-state index contributed by atoms with van der Waals surface area (Å²) in [6.07, 6.45) is 15.5. The van der Waals surface area contributed by atoms with Crippen molar-refractivity contribution in [1.29, 1.82) is 0 Å². The molecule has 130 valence electrons. The first kappa shape index (κ1) is 16.2. The second kappa shape index (κ2) is 5.60. The van der Waals surface area contributed by atoms with E-state index in [4.69, 9.17) is 0 Å². The molecule has 0 aliphatic heterocycles. The summed E-state index contributed by atoms with van der Waals surface area (Å²) >= 11 is 0. The molecular weight excluding hydrogens is 280 g/mol. The maximum atomic E-state index is 11.9. The number of carbonyl (C=O) groups is 1. The van der Waals surface area contributed by atoms with Crippen LogP contribution in [0.4, 0.5) is 0 Å². The predicted octanol–water partition coefficient (Wildman–Crippen LogP) is 5.87. The van der Waals surface area contributed by atoms with Gasteiger partial charge >= 0.3 is 0 Å². The zero-order valence-electron chi connectivity index (χ0n) is 15.5. The fourth-order valence-corrected chi connectivity index (χ4v) is 8.20. The third-order valence-corrected chi connectivity index (χ3v) is 9.52. The highest BCUT2D eigenvalue weighted by Crippen LogP contribution is 2.68. The number of carbonyl (C=O) groups excluding carboxylic acids is 1. The Morgan fingerprint density at radius 3 is 2.52 bits per heavy atom. The van der Waals surface area contributed by atoms with E-state index in [1.807, 2.05) is 0 Å². The molecule has 4 aliphatic rings. The van der Waals surface area contributed by atoms with Crippen molar-refractivity contribution in [2.75, 3.05) is 0 Å². The van der Waals surface area contributed by atoms with Crippen LogP contribution in [0.3, 0.4) is 0 Å². The van der Waals surface area contributed by atoms with Crippen molar-refractivity contribution in [3.8, 4) is 0 Å². The molecule has 8 atom stereocenters. The van der Waals surface area contributed by atoms with Crippen molar-refractivity contribution in [1.82, 2.24) is 0 Å². The molecule has 0 saturated heterocycles. The second-order valence-electron chi connectivity index (χ2n) is 10.0. The van der Waals surface area contributed by atoms with E-state index < -0.39 is 0 Å². The molecule has 4 saturated carbocycles. The van der Waals surface area contributed by atoms with Crippen molar-refractivity contribution in [2.24, 2.45) is 46.3 Å². The van der Waals surface area contributed by atoms with Crippen LogP contribution in [0, 0.1) is 46.3 Å². The highest BCUT2D eigenvalue weighted by atomic mass is 16.1. The first-order chi connectivity index (χ1) is 11.0. The summed E-state index contributed by atoms with van der Waals surface area (Å²) in [4.78, 5) is 11.9. The minimum Gasteiger partial charge on any atom is -0.303 e. The molecule has 0 heterocycles. The predicted molar refractivity (Wildman–Crippen MR) is 95.1 cm³/mol. The Balaban J connectivity index is 1.65. The lowest BCUT2D eigenvalue weighted by molar-refractivity contribution is -0.126. The molecule has 0 aromatic heterocycles. The van der Waals surface area contributed by atoms with Crippen molar-refractivity contribution >= 4 is 6.29 Å². The van der Waals surface area contributed by atoms with Crippen LogP contribution in [0.25, 0.3) is 0 Å². The van der Waals surface area contributed by atoms with Crippen molar-refractivity contribution in [2.45, 2.75) is 85.0 Å². The number of hydrogen-bond acceptors (Lipinski definition) is 1. The Bertz CT molecular complexity index is 471. The van der Waals surface area contributed by atoms with E-state index in [1.165, 1.54) is 70.5 Å². The first-order valence-electron chi connectivity index (χ1n) is 10.5. The SMILES string of the molecule is CC[C@H]1C[C@H]2[C@@H]3CC[C@@H]4CCCC[C@]4(C)[C@H]3CC[C@]2(C)C1C=O. The molecule has 0 aromatic carbocycles. The van der Waals surface area contributed by atoms with Gasteiger partial charge in [0.05, 0.1) is 0 Å². The zero-order chi connectivity index (χ0) is 16.2. The highest BCUT2D eigenvalue weighted by molar-refractivity contribution is 5.57. The van der Waals surface area contributed by atoms with Crippen LogP contribution in [0.2, 0.25) is 0 Å². The standard InChI is InChI=1S/C22H36O/c1-4-15-13-19-17-9-8-16-7-5-6-11-21(16,2)18(17)10-12-22(19,3)20(15)14-23/h14-20H,4-13H2,1-3H3/t15-,16-,17+,18-,19-,20?,21-,22-/m0/s1. The molecule has 0 spiro atoms. The lowest BCUT2D eigenvalue weighted by Crippen LogP contribution is -2.52. The average molecular weight is 317 g/mol. The molecule has 0 N–H and O–H groups in total. The number of rotatable bonds is 2. The van der Waals surface area contributed by atoms with E-state index >= 15 is 0 Å². The molecule has 0 bridgehead atoms. The van der Waals surface area contributed by atoms with Gasteiger partial charge in [0, 0.05) is 5.92 Å². The normalized spacial score (nSPS) is 55.6. The van der Waals surface area contributed by atoms with Crippen LogP contribution in [-0.4, -0.2) is 6.29 Å². The molecule has 4 aliphatic carbocycles. The topological polar surface area (TPSA) is 17.1 Å². The van der Waals surface area contributed by atoms with Crippen molar-refractivity contribution < 1.29 is 4.79 Å². The van der Waals surface area contributed by atoms with Gasteiger partial charge in [0.15, 0.2) is 0 Å². The second-order valence-corrected chi connectivity index (χ2v) is 10.0. The summed E-state index contributed by atoms with van der Waals surface area (Å²) in [6, 6.07) is 0. The molecule has 0 radical (unpaired) electrons. The summed E-state index contributed by atoms with van der Waals surface area (Å²) in [5.74, 6) is 4.73. The smallest absolute Gasteiger partial charge is 0.123 e. The van der Waals surface area contributed by atoms with Crippen LogP contribution >= 0.6 is 0 Å². The fraction of sp³-hybridized carbons (Fsp3) is 0.955. The molecule has 1 heteroatoms. The number of hydrogen-bond donors (Lipinski definition) is 0. The Morgan fingerprint density at radius 2 is 1.78 bits per heavy atom. The Labute approximate surface area is 143 Å². The van der Waals surface area contributed by atoms with Crippen LogP contribution in [0.15, 0.2) is 0 Å². The molecular formula is C22H36O. The maximum Gasteiger partial charge on any atom is 0.123 e. The third kappa shape index (κ3) is 2.13. The summed E-state index contributed by atoms with van der Waals surface area (Å²) in [5, 5.41) is 0. The maximum absolute atomic E-state index is 11.9. The van der Waals surface area contributed by atoms with Crippen molar-refractivity contribution in [3.05, 3.63) is 0 Å². The van der Waals surface area contributed by atoms with E-state index in [2.05, 4.69) is 20.8 Å². The van der Waals surface area contributed by atoms with Crippen molar-refractivity contribution in [3.63, 3.8) is 0 Å². The lowest BCUT2D eigenvalue weighted by Gasteiger charge is -2.60. The minimum absolute atomic E-state index is 0.321. The molecule has 4 fully saturated rings. The fourth-order valence-electron chi connectivity index (χ4n) is 8.20. The number of aldehydes is 1. The summed E-state index contributed by atoms with van der Waals surface area (Å²) < 4.78 is 0. The monoisotopic (exact) mass is 316 g/mol. The minimum atomic E-state index is 0.321. The molecule has 4 rings (SSSR count). The third-order valence-electron chi connectivity index (χ3n) is 9.52. The lowest BCUT2D eigenvalue weighted by atomic mass is 9.45. The Hall–Kier alpha value is -0.330. The van der Waals surface area contributed by atoms with Gasteiger partial charge in [-0.05, 0) is 85.4 Å². The van der Waals surface area contributed by atoms with E-state index in [0.717, 1.165) is 23.7 Å². The van der Waals surface area contributed by atoms with Crippen LogP contribution in [0.1, 0.15) is 85.0 Å². The summed E-state index contributed by atoms with van der Waals surface area (Å²) in [6.45, 7) is 7.44. The van der Waals surface area contributed by atoms with E-state index in [-0.39, 0.29) is 0 Å². The molecule has 0 aromatic rings. The van der Waals surface area contributed by atoms with Gasteiger partial charge in [-0.25, -0.2) is 0 Å².